The molecular formula is C38H56N4O2. The fourth-order valence-electron chi connectivity index (χ4n) is 4.44. The number of hydrogen-bond donors (Lipinski definition) is 3. The van der Waals surface area contributed by atoms with Crippen LogP contribution >= 0.6 is 0 Å². The standard InChI is InChI=1S/C15H17N3O2.C13H19N.2C3H4.2C2H6/c1-3-4-9-7-18-13-8(2)5-6-10(19)12(13)17-15(18)11(9)14(16)20;1-5-11(2)10-14(4)13-9-7-6-8-12(13)3;2*1-3-2;2*1-2/h4-6,17,19H,3,7H2,1-2H3,(H2,16,20);5-9H,10H2,1-4H3;2*1H,2H3;2*1-2H3/b9-4-;11-5+;;;;. The molecule has 0 atom stereocenters. The maximum atomic E-state index is 11.7. The molecule has 0 spiro atoms. The number of allylic oxidation sites excluding steroid dienone is 2. The Balaban J connectivity index is 0. The number of benzene rings is 2. The number of terminal acetylenes is 2. The van der Waals surface area contributed by atoms with E-state index in [-0.39, 0.29) is 5.75 Å². The largest absolute Gasteiger partial charge is 0.506 e. The fraction of sp³-hybridized carbons (Fsp3) is 0.395. The predicted octanol–water partition coefficient (Wildman–Crippen LogP) is 8.71. The highest BCUT2D eigenvalue weighted by molar-refractivity contribution is 6.03. The van der Waals surface area contributed by atoms with Crippen LogP contribution in [-0.2, 0) is 4.79 Å². The molecule has 1 amide bonds. The predicted molar refractivity (Wildman–Crippen MR) is 194 cm³/mol. The Morgan fingerprint density at radius 3 is 2.09 bits per heavy atom. The normalized spacial score (nSPS) is 12.6. The number of amides is 1. The van der Waals surface area contributed by atoms with E-state index in [1.807, 2.05) is 58.6 Å². The van der Waals surface area contributed by atoms with Crippen molar-refractivity contribution in [3.8, 4) is 30.4 Å². The van der Waals surface area contributed by atoms with Gasteiger partial charge in [0.2, 0.25) is 0 Å². The molecule has 0 saturated heterocycles. The second-order valence-corrected chi connectivity index (χ2v) is 9.42. The molecule has 6 heteroatoms. The molecule has 2 aromatic rings. The number of nitrogens with one attached hydrogen (secondary N) is 1. The lowest BCUT2D eigenvalue weighted by Crippen LogP contribution is -2.20. The van der Waals surface area contributed by atoms with Gasteiger partial charge >= 0.3 is 0 Å². The van der Waals surface area contributed by atoms with Crippen LogP contribution in [0.25, 0.3) is 0 Å². The number of aromatic hydroxyl groups is 1. The Bertz CT molecular complexity index is 1340. The van der Waals surface area contributed by atoms with Gasteiger partial charge in [-0.25, -0.2) is 0 Å². The molecule has 2 heterocycles. The molecule has 0 aromatic heterocycles. The molecular weight excluding hydrogens is 544 g/mol. The minimum absolute atomic E-state index is 0.178. The molecule has 2 aliphatic rings. The van der Waals surface area contributed by atoms with Gasteiger partial charge in [0, 0.05) is 19.3 Å². The highest BCUT2D eigenvalue weighted by Gasteiger charge is 2.38. The van der Waals surface area contributed by atoms with Crippen LogP contribution in [-0.4, -0.2) is 31.2 Å². The summed E-state index contributed by atoms with van der Waals surface area (Å²) in [4.78, 5) is 16.0. The van der Waals surface area contributed by atoms with E-state index in [4.69, 9.17) is 5.73 Å². The van der Waals surface area contributed by atoms with Gasteiger partial charge in [0.05, 0.1) is 17.8 Å². The highest BCUT2D eigenvalue weighted by Crippen LogP contribution is 2.48. The van der Waals surface area contributed by atoms with E-state index >= 15 is 0 Å². The summed E-state index contributed by atoms with van der Waals surface area (Å²) in [6, 6.07) is 12.0. The first-order valence-corrected chi connectivity index (χ1v) is 15.3. The quantitative estimate of drug-likeness (QED) is 0.182. The van der Waals surface area contributed by atoms with Gasteiger partial charge in [0.15, 0.2) is 0 Å². The van der Waals surface area contributed by atoms with Gasteiger partial charge in [-0.3, -0.25) is 4.79 Å². The molecule has 0 radical (unpaired) electrons. The molecule has 0 saturated carbocycles. The topological polar surface area (TPSA) is 81.8 Å². The Morgan fingerprint density at radius 1 is 1.07 bits per heavy atom. The average Bonchev–Trinajstić information content (AvgIpc) is 3.55. The van der Waals surface area contributed by atoms with E-state index < -0.39 is 5.91 Å². The van der Waals surface area contributed by atoms with E-state index in [0.29, 0.717) is 23.6 Å². The van der Waals surface area contributed by atoms with Gasteiger partial charge in [-0.1, -0.05) is 76.6 Å². The molecule has 44 heavy (non-hydrogen) atoms. The molecule has 0 fully saturated rings. The van der Waals surface area contributed by atoms with Gasteiger partial charge in [-0.15, -0.1) is 24.7 Å². The number of hydrogen-bond acceptors (Lipinski definition) is 5. The Hall–Kier alpha value is -4.55. The summed E-state index contributed by atoms with van der Waals surface area (Å²) in [6.45, 7) is 23.3. The van der Waals surface area contributed by atoms with Crippen molar-refractivity contribution in [3.05, 3.63) is 82.2 Å². The van der Waals surface area contributed by atoms with Crippen LogP contribution < -0.4 is 20.9 Å². The number of carbonyl (C=O) groups excluding carboxylic acids is 1. The van der Waals surface area contributed by atoms with Crippen molar-refractivity contribution < 1.29 is 9.90 Å². The Morgan fingerprint density at radius 2 is 1.61 bits per heavy atom. The summed E-state index contributed by atoms with van der Waals surface area (Å²) in [5.41, 5.74) is 13.6. The van der Waals surface area contributed by atoms with Gasteiger partial charge in [0.1, 0.15) is 17.3 Å². The van der Waals surface area contributed by atoms with Crippen LogP contribution in [0.2, 0.25) is 0 Å². The molecule has 6 nitrogen and oxygen atoms in total. The zero-order valence-corrected chi connectivity index (χ0v) is 29.2. The second-order valence-electron chi connectivity index (χ2n) is 9.42. The summed E-state index contributed by atoms with van der Waals surface area (Å²) in [6.07, 6.45) is 14.2. The maximum Gasteiger partial charge on any atom is 0.252 e. The van der Waals surface area contributed by atoms with Crippen molar-refractivity contribution >= 4 is 23.0 Å². The van der Waals surface area contributed by atoms with Crippen molar-refractivity contribution in [1.82, 2.24) is 0 Å². The molecule has 2 aliphatic heterocycles. The molecule has 0 unspecified atom stereocenters. The number of carbonyl (C=O) groups is 1. The van der Waals surface area contributed by atoms with Crippen LogP contribution in [0.15, 0.2) is 71.1 Å². The third-order valence-corrected chi connectivity index (χ3v) is 6.23. The number of fused-ring (bicyclic) bond motifs is 3. The van der Waals surface area contributed by atoms with Crippen molar-refractivity contribution in [2.75, 3.05) is 35.3 Å². The monoisotopic (exact) mass is 600 g/mol. The number of nitrogens with zero attached hydrogens (tertiary/aromatic N) is 2. The molecule has 0 bridgehead atoms. The van der Waals surface area contributed by atoms with Gasteiger partial charge in [-0.05, 0) is 76.8 Å². The lowest BCUT2D eigenvalue weighted by atomic mass is 10.1. The van der Waals surface area contributed by atoms with Gasteiger partial charge in [-0.2, -0.15) is 0 Å². The minimum atomic E-state index is -0.445. The molecule has 2 aromatic carbocycles. The molecule has 4 N–H and O–H groups in total. The van der Waals surface area contributed by atoms with Crippen LogP contribution in [0.4, 0.5) is 17.1 Å². The number of aryl methyl sites for hydroxylation is 2. The van der Waals surface area contributed by atoms with Crippen LogP contribution in [0.5, 0.6) is 5.75 Å². The van der Waals surface area contributed by atoms with Gasteiger partial charge in [0.25, 0.3) is 5.91 Å². The summed E-state index contributed by atoms with van der Waals surface area (Å²) >= 11 is 0. The number of likely N-dealkylation sites (N-methyl/N-ethyl adjacent to an activating group) is 1. The number of anilines is 3. The maximum absolute atomic E-state index is 11.7. The summed E-state index contributed by atoms with van der Waals surface area (Å²) in [7, 11) is 2.13. The molecule has 240 valence electrons. The highest BCUT2D eigenvalue weighted by atomic mass is 16.3. The van der Waals surface area contributed by atoms with E-state index in [2.05, 4.69) is 93.1 Å². The number of nitrogens with two attached hydrogens (primary N) is 1. The van der Waals surface area contributed by atoms with Crippen LogP contribution in [0, 0.1) is 38.5 Å². The fourth-order valence-corrected chi connectivity index (χ4v) is 4.44. The Kier molecular flexibility index (Phi) is 21.7. The summed E-state index contributed by atoms with van der Waals surface area (Å²) in [5.74, 6) is 4.91. The zero-order valence-electron chi connectivity index (χ0n) is 29.2. The summed E-state index contributed by atoms with van der Waals surface area (Å²) < 4.78 is 0. The third-order valence-electron chi connectivity index (χ3n) is 6.23. The van der Waals surface area contributed by atoms with Crippen molar-refractivity contribution in [2.45, 2.75) is 82.6 Å². The minimum Gasteiger partial charge on any atom is -0.506 e. The Labute approximate surface area is 268 Å². The number of rotatable bonds is 5. The number of primary amides is 1. The van der Waals surface area contributed by atoms with Gasteiger partial charge < -0.3 is 26.0 Å². The zero-order chi connectivity index (χ0) is 34.4. The number of para-hydroxylation sites is 1. The smallest absolute Gasteiger partial charge is 0.252 e. The number of phenolic OH excluding ortho intramolecular Hbond substituents is 1. The number of phenols is 1. The van der Waals surface area contributed by atoms with E-state index in [0.717, 1.165) is 29.8 Å². The van der Waals surface area contributed by atoms with Crippen molar-refractivity contribution in [3.63, 3.8) is 0 Å². The van der Waals surface area contributed by atoms with Crippen molar-refractivity contribution in [1.29, 1.82) is 0 Å². The second kappa shape index (κ2) is 23.0. The van der Waals surface area contributed by atoms with Crippen molar-refractivity contribution in [2.24, 2.45) is 5.73 Å². The summed E-state index contributed by atoms with van der Waals surface area (Å²) in [5, 5.41) is 13.1. The first-order chi connectivity index (χ1) is 21.0. The first-order valence-electron chi connectivity index (χ1n) is 15.3. The van der Waals surface area contributed by atoms with E-state index in [1.54, 1.807) is 19.9 Å². The van der Waals surface area contributed by atoms with E-state index in [9.17, 15) is 9.90 Å². The average molecular weight is 601 g/mol. The van der Waals surface area contributed by atoms with Crippen LogP contribution in [0.3, 0.4) is 0 Å². The SMILES string of the molecule is C#CC.C#CC.C/C=C(\C)CN(C)c1ccccc1C.CC.CC.CC/C=C1/CN2C(=C1C(N)=O)Nc1c(O)ccc(C)c12. The lowest BCUT2D eigenvalue weighted by Gasteiger charge is -2.21. The molecule has 0 aliphatic carbocycles. The third kappa shape index (κ3) is 12.0. The van der Waals surface area contributed by atoms with Crippen LogP contribution in [0.1, 0.15) is 79.9 Å². The molecule has 4 rings (SSSR count). The van der Waals surface area contributed by atoms with E-state index in [1.165, 1.54) is 16.8 Å². The lowest BCUT2D eigenvalue weighted by molar-refractivity contribution is -0.114. The first kappa shape index (κ1) is 41.6.